The van der Waals surface area contributed by atoms with Crippen molar-refractivity contribution in [3.63, 3.8) is 0 Å². The Morgan fingerprint density at radius 3 is 2.79 bits per heavy atom. The topological polar surface area (TPSA) is 106 Å². The molecule has 0 unspecified atom stereocenters. The number of rotatable bonds is 4. The van der Waals surface area contributed by atoms with Crippen molar-refractivity contribution in [2.24, 2.45) is 11.8 Å². The number of nitrogens with one attached hydrogen (secondary N) is 1. The third kappa shape index (κ3) is 3.71. The van der Waals surface area contributed by atoms with Crippen molar-refractivity contribution in [1.29, 1.82) is 5.26 Å². The first-order chi connectivity index (χ1) is 13.4. The van der Waals surface area contributed by atoms with E-state index in [0.29, 0.717) is 17.9 Å². The highest BCUT2D eigenvalue weighted by Crippen LogP contribution is 2.42. The van der Waals surface area contributed by atoms with Gasteiger partial charge in [0.25, 0.3) is 0 Å². The second kappa shape index (κ2) is 7.33. The molecule has 1 aromatic heterocycles. The van der Waals surface area contributed by atoms with Gasteiger partial charge in [0.1, 0.15) is 11.9 Å². The number of anilines is 1. The molecule has 4 atom stereocenters. The first kappa shape index (κ1) is 19.2. The van der Waals surface area contributed by atoms with E-state index in [1.165, 1.54) is 0 Å². The van der Waals surface area contributed by atoms with Gasteiger partial charge in [-0.15, -0.1) is 0 Å². The summed E-state index contributed by atoms with van der Waals surface area (Å²) in [6, 6.07) is 5.75. The predicted octanol–water partition coefficient (Wildman–Crippen LogP) is 0.708. The molecule has 0 radical (unpaired) electrons. The van der Waals surface area contributed by atoms with Crippen LogP contribution in [0, 0.1) is 23.2 Å². The molecule has 2 bridgehead atoms. The van der Waals surface area contributed by atoms with Crippen LogP contribution >= 0.6 is 0 Å². The lowest BCUT2D eigenvalue weighted by molar-refractivity contribution is -0.148. The number of hydrogen-bond donors (Lipinski definition) is 1. The van der Waals surface area contributed by atoms with Crippen LogP contribution in [0.1, 0.15) is 31.2 Å². The summed E-state index contributed by atoms with van der Waals surface area (Å²) in [4.78, 5) is 21.4. The fraction of sp³-hybridized carbons (Fsp3) is 0.632. The average molecular weight is 404 g/mol. The number of carbonyl (C=O) groups excluding carboxylic acids is 1. The lowest BCUT2D eigenvalue weighted by Crippen LogP contribution is -2.67. The zero-order chi connectivity index (χ0) is 19.9. The van der Waals surface area contributed by atoms with Crippen LogP contribution in [0.3, 0.4) is 0 Å². The first-order valence-electron chi connectivity index (χ1n) is 9.72. The van der Waals surface area contributed by atoms with E-state index in [4.69, 9.17) is 5.26 Å². The van der Waals surface area contributed by atoms with E-state index in [2.05, 4.69) is 20.7 Å². The van der Waals surface area contributed by atoms with Crippen molar-refractivity contribution in [2.45, 2.75) is 37.8 Å². The highest BCUT2D eigenvalue weighted by Gasteiger charge is 2.49. The zero-order valence-electron chi connectivity index (χ0n) is 15.9. The van der Waals surface area contributed by atoms with Gasteiger partial charge in [0.15, 0.2) is 0 Å². The Hall–Kier alpha value is -2.18. The SMILES string of the molecule is CS(=O)(=O)NC[C@H]1[C@H]2C[C@H](CN(c3ccc(C#N)cn3)C2)[C@@H]2CCCC(=O)N21. The molecule has 0 spiro atoms. The van der Waals surface area contributed by atoms with Gasteiger partial charge in [-0.1, -0.05) is 0 Å². The third-order valence-corrected chi connectivity index (χ3v) is 6.94. The monoisotopic (exact) mass is 403 g/mol. The number of nitriles is 1. The highest BCUT2D eigenvalue weighted by molar-refractivity contribution is 7.88. The number of aromatic nitrogens is 1. The highest BCUT2D eigenvalue weighted by atomic mass is 32.2. The minimum absolute atomic E-state index is 0.134. The van der Waals surface area contributed by atoms with Gasteiger partial charge in [0.05, 0.1) is 17.9 Å². The molecule has 0 saturated carbocycles. The predicted molar refractivity (Wildman–Crippen MR) is 104 cm³/mol. The Morgan fingerprint density at radius 2 is 2.11 bits per heavy atom. The summed E-state index contributed by atoms with van der Waals surface area (Å²) in [5, 5.41) is 8.99. The summed E-state index contributed by atoms with van der Waals surface area (Å²) in [5.74, 6) is 1.52. The maximum atomic E-state index is 12.7. The molecule has 0 aromatic carbocycles. The van der Waals surface area contributed by atoms with Crippen LogP contribution < -0.4 is 9.62 Å². The largest absolute Gasteiger partial charge is 0.356 e. The Labute approximate surface area is 165 Å². The van der Waals surface area contributed by atoms with Crippen molar-refractivity contribution in [1.82, 2.24) is 14.6 Å². The summed E-state index contributed by atoms with van der Waals surface area (Å²) in [6.07, 6.45) is 6.14. The smallest absolute Gasteiger partial charge is 0.223 e. The molecule has 3 aliphatic rings. The summed E-state index contributed by atoms with van der Waals surface area (Å²) < 4.78 is 26.0. The second-order valence-electron chi connectivity index (χ2n) is 8.13. The van der Waals surface area contributed by atoms with Crippen LogP contribution in [0.25, 0.3) is 0 Å². The molecular formula is C19H25N5O3S. The zero-order valence-corrected chi connectivity index (χ0v) is 16.7. The molecule has 1 aromatic rings. The van der Waals surface area contributed by atoms with Crippen LogP contribution in [0.15, 0.2) is 18.3 Å². The van der Waals surface area contributed by atoms with Gasteiger partial charge >= 0.3 is 0 Å². The van der Waals surface area contributed by atoms with Crippen LogP contribution in [-0.2, 0) is 14.8 Å². The third-order valence-electron chi connectivity index (χ3n) is 6.25. The maximum absolute atomic E-state index is 12.7. The van der Waals surface area contributed by atoms with E-state index in [1.807, 2.05) is 11.0 Å². The van der Waals surface area contributed by atoms with Crippen LogP contribution in [0.2, 0.25) is 0 Å². The average Bonchev–Trinajstić information content (AvgIpc) is 2.67. The second-order valence-corrected chi connectivity index (χ2v) is 9.96. The number of sulfonamides is 1. The summed E-state index contributed by atoms with van der Waals surface area (Å²) in [6.45, 7) is 1.81. The van der Waals surface area contributed by atoms with Gasteiger partial charge in [-0.05, 0) is 43.2 Å². The molecule has 8 nitrogen and oxygen atoms in total. The first-order valence-corrected chi connectivity index (χ1v) is 11.6. The molecule has 150 valence electrons. The van der Waals surface area contributed by atoms with Crippen molar-refractivity contribution in [3.05, 3.63) is 23.9 Å². The number of nitrogens with zero attached hydrogens (tertiary/aromatic N) is 4. The van der Waals surface area contributed by atoms with Crippen molar-refractivity contribution in [3.8, 4) is 6.07 Å². The van der Waals surface area contributed by atoms with E-state index in [9.17, 15) is 13.2 Å². The molecule has 1 amide bonds. The Balaban J connectivity index is 1.61. The lowest BCUT2D eigenvalue weighted by atomic mass is 9.72. The molecule has 1 N–H and O–H groups in total. The van der Waals surface area contributed by atoms with Crippen molar-refractivity contribution < 1.29 is 13.2 Å². The number of amides is 1. The number of hydrogen-bond acceptors (Lipinski definition) is 6. The lowest BCUT2D eigenvalue weighted by Gasteiger charge is -2.56. The molecule has 28 heavy (non-hydrogen) atoms. The Morgan fingerprint density at radius 1 is 1.32 bits per heavy atom. The number of piperidine rings is 3. The minimum atomic E-state index is -3.32. The van der Waals surface area contributed by atoms with Crippen LogP contribution in [0.5, 0.6) is 0 Å². The number of pyridine rings is 1. The van der Waals surface area contributed by atoms with Gasteiger partial charge in [0.2, 0.25) is 15.9 Å². The van der Waals surface area contributed by atoms with Gasteiger partial charge in [-0.3, -0.25) is 4.79 Å². The van der Waals surface area contributed by atoms with E-state index in [0.717, 1.165) is 44.4 Å². The molecule has 3 aliphatic heterocycles. The molecule has 4 heterocycles. The van der Waals surface area contributed by atoms with Crippen molar-refractivity contribution in [2.75, 3.05) is 30.8 Å². The summed E-state index contributed by atoms with van der Waals surface area (Å²) in [5.41, 5.74) is 0.528. The summed E-state index contributed by atoms with van der Waals surface area (Å²) >= 11 is 0. The normalized spacial score (nSPS) is 29.9. The molecule has 3 saturated heterocycles. The van der Waals surface area contributed by atoms with E-state index in [-0.39, 0.29) is 30.5 Å². The minimum Gasteiger partial charge on any atom is -0.356 e. The quantitative estimate of drug-likeness (QED) is 0.794. The van der Waals surface area contributed by atoms with E-state index >= 15 is 0 Å². The molecule has 3 fully saturated rings. The van der Waals surface area contributed by atoms with Gasteiger partial charge in [-0.2, -0.15) is 5.26 Å². The van der Waals surface area contributed by atoms with Crippen LogP contribution in [-0.4, -0.2) is 62.2 Å². The van der Waals surface area contributed by atoms with Crippen LogP contribution in [0.4, 0.5) is 5.82 Å². The van der Waals surface area contributed by atoms with Gasteiger partial charge in [0, 0.05) is 38.3 Å². The maximum Gasteiger partial charge on any atom is 0.223 e. The number of fused-ring (bicyclic) bond motifs is 4. The molecular weight excluding hydrogens is 378 g/mol. The number of carbonyl (C=O) groups is 1. The fourth-order valence-corrected chi connectivity index (χ4v) is 5.57. The van der Waals surface area contributed by atoms with Crippen molar-refractivity contribution >= 4 is 21.7 Å². The van der Waals surface area contributed by atoms with Gasteiger partial charge in [-0.25, -0.2) is 18.1 Å². The summed E-state index contributed by atoms with van der Waals surface area (Å²) in [7, 11) is -3.32. The Bertz CT molecular complexity index is 895. The molecule has 9 heteroatoms. The molecule has 0 aliphatic carbocycles. The van der Waals surface area contributed by atoms with E-state index < -0.39 is 10.0 Å². The fourth-order valence-electron chi connectivity index (χ4n) is 5.10. The Kier molecular flexibility index (Phi) is 5.02. The standard InChI is InChI=1S/C19H25N5O3S/c1-28(26,27)22-10-17-15-7-14(16-3-2-4-19(25)24(16)17)11-23(12-15)18-6-5-13(8-20)9-21-18/h5-6,9,14-17,22H,2-4,7,10-12H2,1H3/t14-,15+,16+,17+/m1/s1. The van der Waals surface area contributed by atoms with E-state index in [1.54, 1.807) is 12.3 Å². The van der Waals surface area contributed by atoms with Gasteiger partial charge < -0.3 is 9.80 Å². The molecule has 4 rings (SSSR count).